The molecule has 1 rings (SSSR count). The summed E-state index contributed by atoms with van der Waals surface area (Å²) in [4.78, 5) is 22.5. The number of carboxylic acid groups (broad SMARTS) is 1. The number of ether oxygens (including phenoxy) is 1. The smallest absolute Gasteiger partial charge is 0.407 e. The maximum atomic E-state index is 13.5. The van der Waals surface area contributed by atoms with E-state index in [0.29, 0.717) is 12.5 Å². The van der Waals surface area contributed by atoms with E-state index in [1.54, 1.807) is 0 Å². The summed E-state index contributed by atoms with van der Waals surface area (Å²) in [6, 6.07) is 1.48. The van der Waals surface area contributed by atoms with E-state index in [-0.39, 0.29) is 18.6 Å². The molecule has 5 nitrogen and oxygen atoms in total. The zero-order valence-electron chi connectivity index (χ0n) is 11.6. The van der Waals surface area contributed by atoms with Crippen LogP contribution < -0.4 is 5.32 Å². The molecule has 1 amide bonds. The number of nitrogens with one attached hydrogen (secondary N) is 1. The van der Waals surface area contributed by atoms with Gasteiger partial charge < -0.3 is 15.2 Å². The van der Waals surface area contributed by atoms with Crippen LogP contribution in [0.5, 0.6) is 0 Å². The highest BCUT2D eigenvalue weighted by molar-refractivity contribution is 5.80. The summed E-state index contributed by atoms with van der Waals surface area (Å²) >= 11 is 0. The van der Waals surface area contributed by atoms with Gasteiger partial charge in [0.1, 0.15) is 17.7 Å². The van der Waals surface area contributed by atoms with Crippen LogP contribution in [0.2, 0.25) is 0 Å². The normalized spacial score (nSPS) is 11.8. The molecule has 21 heavy (non-hydrogen) atoms. The number of aliphatic carboxylic acids is 1. The Morgan fingerprint density at radius 2 is 2.10 bits per heavy atom. The van der Waals surface area contributed by atoms with Crippen molar-refractivity contribution < 1.29 is 28.2 Å². The molecule has 1 aromatic carbocycles. The monoisotopic (exact) mass is 301 g/mol. The van der Waals surface area contributed by atoms with E-state index >= 15 is 0 Å². The predicted molar refractivity (Wildman–Crippen MR) is 70.9 cm³/mol. The van der Waals surface area contributed by atoms with Gasteiger partial charge in [0.2, 0.25) is 0 Å². The molecule has 1 unspecified atom stereocenters. The maximum absolute atomic E-state index is 13.5. The largest absolute Gasteiger partial charge is 0.480 e. The van der Waals surface area contributed by atoms with Crippen LogP contribution in [-0.4, -0.2) is 29.8 Å². The van der Waals surface area contributed by atoms with Crippen molar-refractivity contribution in [2.45, 2.75) is 32.2 Å². The molecule has 0 aromatic heterocycles. The van der Waals surface area contributed by atoms with E-state index in [4.69, 9.17) is 9.84 Å². The fourth-order valence-corrected chi connectivity index (χ4v) is 1.60. The van der Waals surface area contributed by atoms with Crippen LogP contribution in [0.1, 0.15) is 25.3 Å². The quantitative estimate of drug-likeness (QED) is 0.759. The molecule has 0 aliphatic rings. The molecular formula is C14H17F2NO4. The summed E-state index contributed by atoms with van der Waals surface area (Å²) in [6.45, 7) is 2.10. The number of hydrogen-bond acceptors (Lipinski definition) is 3. The minimum atomic E-state index is -1.35. The lowest BCUT2D eigenvalue weighted by Gasteiger charge is -2.15. The molecule has 0 spiro atoms. The maximum Gasteiger partial charge on any atom is 0.407 e. The topological polar surface area (TPSA) is 75.6 Å². The Kier molecular flexibility index (Phi) is 6.58. The zero-order valence-corrected chi connectivity index (χ0v) is 11.6. The summed E-state index contributed by atoms with van der Waals surface area (Å²) in [5, 5.41) is 11.2. The van der Waals surface area contributed by atoms with Gasteiger partial charge in [-0.1, -0.05) is 19.4 Å². The summed E-state index contributed by atoms with van der Waals surface area (Å²) in [7, 11) is 0. The van der Waals surface area contributed by atoms with Crippen LogP contribution in [0.4, 0.5) is 13.6 Å². The molecule has 1 aromatic rings. The van der Waals surface area contributed by atoms with Crippen molar-refractivity contribution in [3.05, 3.63) is 35.4 Å². The van der Waals surface area contributed by atoms with Gasteiger partial charge in [-0.05, 0) is 18.1 Å². The van der Waals surface area contributed by atoms with Crippen LogP contribution in [0.25, 0.3) is 0 Å². The van der Waals surface area contributed by atoms with Gasteiger partial charge in [0, 0.05) is 12.5 Å². The van der Waals surface area contributed by atoms with Gasteiger partial charge in [-0.2, -0.15) is 0 Å². The molecule has 0 saturated carbocycles. The number of carbonyl (C=O) groups excluding carboxylic acids is 1. The second-order valence-electron chi connectivity index (χ2n) is 4.46. The average Bonchev–Trinajstić information content (AvgIpc) is 2.41. The number of alkyl carbamates (subject to hydrolysis) is 1. The Balaban J connectivity index is 2.65. The lowest BCUT2D eigenvalue weighted by atomic mass is 10.1. The molecule has 116 valence electrons. The van der Waals surface area contributed by atoms with Crippen molar-refractivity contribution in [2.75, 3.05) is 6.61 Å². The number of halogens is 2. The Labute approximate surface area is 120 Å². The number of hydrogen-bond donors (Lipinski definition) is 2. The molecule has 0 bridgehead atoms. The summed E-state index contributed by atoms with van der Waals surface area (Å²) in [5.74, 6) is -2.94. The van der Waals surface area contributed by atoms with Crippen LogP contribution in [-0.2, 0) is 16.0 Å². The van der Waals surface area contributed by atoms with Crippen molar-refractivity contribution in [3.63, 3.8) is 0 Å². The van der Waals surface area contributed by atoms with E-state index in [1.807, 2.05) is 6.92 Å². The van der Waals surface area contributed by atoms with Gasteiger partial charge in [0.05, 0.1) is 6.61 Å². The lowest BCUT2D eigenvalue weighted by molar-refractivity contribution is -0.139. The predicted octanol–water partition coefficient (Wildman–Crippen LogP) is 2.49. The minimum Gasteiger partial charge on any atom is -0.480 e. The first-order valence-electron chi connectivity index (χ1n) is 6.54. The first-order chi connectivity index (χ1) is 9.93. The highest BCUT2D eigenvalue weighted by Gasteiger charge is 2.22. The second-order valence-corrected chi connectivity index (χ2v) is 4.46. The van der Waals surface area contributed by atoms with Crippen LogP contribution in [0.3, 0.4) is 0 Å². The van der Waals surface area contributed by atoms with Gasteiger partial charge in [-0.3, -0.25) is 0 Å². The Morgan fingerprint density at radius 1 is 1.38 bits per heavy atom. The fraction of sp³-hybridized carbons (Fsp3) is 0.429. The zero-order chi connectivity index (χ0) is 15.8. The fourth-order valence-electron chi connectivity index (χ4n) is 1.60. The molecule has 0 radical (unpaired) electrons. The summed E-state index contributed by atoms with van der Waals surface area (Å²) in [6.07, 6.45) is 0.316. The standard InChI is InChI=1S/C14H17F2NO4/c1-2-3-6-21-14(20)17-12(13(18)19)7-9-4-5-10(15)8-11(9)16/h4-5,8,12H,2-3,6-7H2,1H3,(H,17,20)(H,18,19). The molecule has 0 aliphatic heterocycles. The Morgan fingerprint density at radius 3 is 2.67 bits per heavy atom. The molecule has 0 aliphatic carbocycles. The van der Waals surface area contributed by atoms with Crippen molar-refractivity contribution in [3.8, 4) is 0 Å². The van der Waals surface area contributed by atoms with Gasteiger partial charge in [0.25, 0.3) is 0 Å². The van der Waals surface area contributed by atoms with Crippen molar-refractivity contribution in [1.82, 2.24) is 5.32 Å². The molecular weight excluding hydrogens is 284 g/mol. The molecule has 2 N–H and O–H groups in total. The SMILES string of the molecule is CCCCOC(=O)NC(Cc1ccc(F)cc1F)C(=O)O. The van der Waals surface area contributed by atoms with Crippen molar-refractivity contribution in [2.24, 2.45) is 0 Å². The third-order valence-corrected chi connectivity index (χ3v) is 2.76. The van der Waals surface area contributed by atoms with Crippen LogP contribution in [0.15, 0.2) is 18.2 Å². The average molecular weight is 301 g/mol. The van der Waals surface area contributed by atoms with Crippen molar-refractivity contribution in [1.29, 1.82) is 0 Å². The molecule has 0 heterocycles. The third-order valence-electron chi connectivity index (χ3n) is 2.76. The molecule has 0 saturated heterocycles. The highest BCUT2D eigenvalue weighted by atomic mass is 19.1. The van der Waals surface area contributed by atoms with Gasteiger partial charge >= 0.3 is 12.1 Å². The first kappa shape index (κ1) is 16.9. The van der Waals surface area contributed by atoms with Gasteiger partial charge in [-0.15, -0.1) is 0 Å². The Hall–Kier alpha value is -2.18. The number of benzene rings is 1. The Bertz CT molecular complexity index is 508. The number of carbonyl (C=O) groups is 2. The molecule has 1 atom stereocenters. The lowest BCUT2D eigenvalue weighted by Crippen LogP contribution is -2.42. The van der Waals surface area contributed by atoms with Crippen LogP contribution in [0, 0.1) is 11.6 Å². The van der Waals surface area contributed by atoms with E-state index < -0.39 is 29.7 Å². The van der Waals surface area contributed by atoms with Gasteiger partial charge in [0.15, 0.2) is 0 Å². The molecule has 0 fully saturated rings. The second kappa shape index (κ2) is 8.18. The number of unbranched alkanes of at least 4 members (excludes halogenated alkanes) is 1. The number of rotatable bonds is 7. The summed E-state index contributed by atoms with van der Waals surface area (Å²) in [5.41, 5.74) is -0.00217. The van der Waals surface area contributed by atoms with Gasteiger partial charge in [-0.25, -0.2) is 18.4 Å². The first-order valence-corrected chi connectivity index (χ1v) is 6.54. The molecule has 7 heteroatoms. The number of amides is 1. The summed E-state index contributed by atoms with van der Waals surface area (Å²) < 4.78 is 31.0. The van der Waals surface area contributed by atoms with E-state index in [9.17, 15) is 18.4 Å². The van der Waals surface area contributed by atoms with Crippen LogP contribution >= 0.6 is 0 Å². The van der Waals surface area contributed by atoms with E-state index in [0.717, 1.165) is 18.6 Å². The van der Waals surface area contributed by atoms with E-state index in [1.165, 1.54) is 0 Å². The highest BCUT2D eigenvalue weighted by Crippen LogP contribution is 2.12. The third kappa shape index (κ3) is 5.76. The van der Waals surface area contributed by atoms with E-state index in [2.05, 4.69) is 5.32 Å². The van der Waals surface area contributed by atoms with Crippen molar-refractivity contribution >= 4 is 12.1 Å². The number of carboxylic acids is 1. The minimum absolute atomic E-state index is 0.00217.